The second-order valence-electron chi connectivity index (χ2n) is 7.30. The second kappa shape index (κ2) is 9.27. The fraction of sp³-hybridized carbons (Fsp3) is 0.600. The maximum atomic E-state index is 12.8. The van der Waals surface area contributed by atoms with Crippen molar-refractivity contribution in [3.8, 4) is 0 Å². The molecule has 2 rings (SSSR count). The summed E-state index contributed by atoms with van der Waals surface area (Å²) in [4.78, 5) is 27.4. The molecule has 1 unspecified atom stereocenters. The summed E-state index contributed by atoms with van der Waals surface area (Å²) in [5, 5.41) is 2.84. The summed E-state index contributed by atoms with van der Waals surface area (Å²) in [6.07, 6.45) is 2.09. The highest BCUT2D eigenvalue weighted by molar-refractivity contribution is 7.99. The van der Waals surface area contributed by atoms with E-state index in [9.17, 15) is 9.59 Å². The first-order valence-corrected chi connectivity index (χ1v) is 10.1. The Kier molecular flexibility index (Phi) is 7.36. The minimum Gasteiger partial charge on any atom is -0.344 e. The van der Waals surface area contributed by atoms with E-state index >= 15 is 0 Å². The quantitative estimate of drug-likeness (QED) is 0.786. The molecule has 0 aromatic heterocycles. The summed E-state index contributed by atoms with van der Waals surface area (Å²) in [6, 6.07) is 8.00. The van der Waals surface area contributed by atoms with Crippen molar-refractivity contribution >= 4 is 23.6 Å². The lowest BCUT2D eigenvalue weighted by Gasteiger charge is -2.33. The van der Waals surface area contributed by atoms with Crippen molar-refractivity contribution in [2.45, 2.75) is 57.4 Å². The molecule has 1 saturated heterocycles. The first-order valence-electron chi connectivity index (χ1n) is 9.15. The largest absolute Gasteiger partial charge is 0.344 e. The van der Waals surface area contributed by atoms with Gasteiger partial charge < -0.3 is 10.2 Å². The Hall–Kier alpha value is -1.49. The number of thioether (sulfide) groups is 1. The molecule has 0 bridgehead atoms. The maximum Gasteiger partial charge on any atom is 0.246 e. The zero-order valence-corrected chi connectivity index (χ0v) is 16.6. The summed E-state index contributed by atoms with van der Waals surface area (Å²) >= 11 is 1.62. The molecule has 4 nitrogen and oxygen atoms in total. The van der Waals surface area contributed by atoms with Crippen LogP contribution in [0.15, 0.2) is 29.2 Å². The average molecular weight is 363 g/mol. The van der Waals surface area contributed by atoms with E-state index in [0.717, 1.165) is 30.8 Å². The molecule has 1 fully saturated rings. The molecule has 0 radical (unpaired) electrons. The number of rotatable bonds is 6. The van der Waals surface area contributed by atoms with Gasteiger partial charge in [0.25, 0.3) is 0 Å². The highest BCUT2D eigenvalue weighted by atomic mass is 32.2. The predicted molar refractivity (Wildman–Crippen MR) is 104 cm³/mol. The molecule has 25 heavy (non-hydrogen) atoms. The first kappa shape index (κ1) is 19.8. The highest BCUT2D eigenvalue weighted by Gasteiger charge is 2.27. The van der Waals surface area contributed by atoms with Crippen molar-refractivity contribution in [2.75, 3.05) is 18.8 Å². The van der Waals surface area contributed by atoms with Crippen LogP contribution in [0.1, 0.15) is 52.0 Å². The molecule has 0 aliphatic carbocycles. The van der Waals surface area contributed by atoms with Crippen molar-refractivity contribution in [1.29, 1.82) is 0 Å². The summed E-state index contributed by atoms with van der Waals surface area (Å²) in [5.74, 6) is 1.64. The van der Waals surface area contributed by atoms with Crippen LogP contribution in [0.5, 0.6) is 0 Å². The highest BCUT2D eigenvalue weighted by Crippen LogP contribution is 2.23. The van der Waals surface area contributed by atoms with E-state index in [0.29, 0.717) is 17.6 Å². The number of benzene rings is 1. The van der Waals surface area contributed by atoms with Gasteiger partial charge in [-0.15, -0.1) is 11.8 Å². The van der Waals surface area contributed by atoms with Gasteiger partial charge in [0.1, 0.15) is 6.04 Å². The van der Waals surface area contributed by atoms with Gasteiger partial charge in [-0.25, -0.2) is 0 Å². The zero-order valence-electron chi connectivity index (χ0n) is 15.7. The Morgan fingerprint density at radius 1 is 1.20 bits per heavy atom. The van der Waals surface area contributed by atoms with Gasteiger partial charge in [0.15, 0.2) is 0 Å². The molecule has 138 valence electrons. The van der Waals surface area contributed by atoms with Crippen LogP contribution in [0, 0.1) is 5.92 Å². The Labute approximate surface area is 155 Å². The number of amides is 2. The first-order chi connectivity index (χ1) is 11.9. The Morgan fingerprint density at radius 2 is 1.80 bits per heavy atom. The predicted octanol–water partition coefficient (Wildman–Crippen LogP) is 3.67. The zero-order chi connectivity index (χ0) is 18.4. The Balaban J connectivity index is 1.97. The average Bonchev–Trinajstić information content (AvgIpc) is 2.58. The molecule has 1 aliphatic heterocycles. The van der Waals surface area contributed by atoms with E-state index in [1.54, 1.807) is 11.8 Å². The molecule has 1 heterocycles. The number of carbonyl (C=O) groups is 2. The van der Waals surface area contributed by atoms with Gasteiger partial charge in [0, 0.05) is 30.7 Å². The van der Waals surface area contributed by atoms with Crippen molar-refractivity contribution < 1.29 is 9.59 Å². The van der Waals surface area contributed by atoms with Gasteiger partial charge in [-0.3, -0.25) is 9.59 Å². The lowest BCUT2D eigenvalue weighted by atomic mass is 9.99. The molecule has 0 spiro atoms. The summed E-state index contributed by atoms with van der Waals surface area (Å²) in [6.45, 7) is 9.64. The SMILES string of the molecule is CC(=O)NC(CSc1ccc(C(C)C)cc1)C(=O)N1CCC(C)CC1. The van der Waals surface area contributed by atoms with E-state index in [2.05, 4.69) is 50.4 Å². The third kappa shape index (κ3) is 6.07. The Morgan fingerprint density at radius 3 is 2.32 bits per heavy atom. The van der Waals surface area contributed by atoms with Crippen LogP contribution in [0.2, 0.25) is 0 Å². The molecule has 1 aliphatic rings. The number of likely N-dealkylation sites (tertiary alicyclic amines) is 1. The summed E-state index contributed by atoms with van der Waals surface area (Å²) in [5.41, 5.74) is 1.31. The van der Waals surface area contributed by atoms with Gasteiger partial charge in [0.05, 0.1) is 0 Å². The molecular weight excluding hydrogens is 332 g/mol. The van der Waals surface area contributed by atoms with Gasteiger partial charge in [-0.2, -0.15) is 0 Å². The van der Waals surface area contributed by atoms with E-state index < -0.39 is 6.04 Å². The number of piperidine rings is 1. The van der Waals surface area contributed by atoms with Crippen molar-refractivity contribution in [3.05, 3.63) is 29.8 Å². The van der Waals surface area contributed by atoms with Gasteiger partial charge in [-0.1, -0.05) is 32.9 Å². The van der Waals surface area contributed by atoms with Gasteiger partial charge in [-0.05, 0) is 42.4 Å². The van der Waals surface area contributed by atoms with Crippen molar-refractivity contribution in [2.24, 2.45) is 5.92 Å². The monoisotopic (exact) mass is 362 g/mol. The minimum atomic E-state index is -0.458. The van der Waals surface area contributed by atoms with Crippen LogP contribution < -0.4 is 5.32 Å². The van der Waals surface area contributed by atoms with Crippen LogP contribution >= 0.6 is 11.8 Å². The smallest absolute Gasteiger partial charge is 0.246 e. The molecule has 0 saturated carbocycles. The van der Waals surface area contributed by atoms with Crippen molar-refractivity contribution in [1.82, 2.24) is 10.2 Å². The van der Waals surface area contributed by atoms with E-state index in [-0.39, 0.29) is 11.8 Å². The van der Waals surface area contributed by atoms with Gasteiger partial charge in [0.2, 0.25) is 11.8 Å². The molecule has 2 amide bonds. The molecule has 5 heteroatoms. The Bertz CT molecular complexity index is 578. The number of hydrogen-bond acceptors (Lipinski definition) is 3. The normalized spacial score (nSPS) is 16.8. The third-order valence-corrected chi connectivity index (χ3v) is 5.84. The number of nitrogens with zero attached hydrogens (tertiary/aromatic N) is 1. The van der Waals surface area contributed by atoms with E-state index in [4.69, 9.17) is 0 Å². The fourth-order valence-corrected chi connectivity index (χ4v) is 3.91. The molecule has 1 N–H and O–H groups in total. The number of carbonyl (C=O) groups excluding carboxylic acids is 2. The van der Waals surface area contributed by atoms with Crippen LogP contribution in [0.3, 0.4) is 0 Å². The fourth-order valence-electron chi connectivity index (χ4n) is 3.00. The van der Waals surface area contributed by atoms with Crippen LogP contribution in [0.25, 0.3) is 0 Å². The van der Waals surface area contributed by atoms with E-state index in [1.807, 2.05) is 4.90 Å². The minimum absolute atomic E-state index is 0.0494. The number of nitrogens with one attached hydrogen (secondary N) is 1. The summed E-state index contributed by atoms with van der Waals surface area (Å²) in [7, 11) is 0. The molecule has 1 aromatic rings. The van der Waals surface area contributed by atoms with Crippen molar-refractivity contribution in [3.63, 3.8) is 0 Å². The van der Waals surface area contributed by atoms with Crippen LogP contribution in [-0.2, 0) is 9.59 Å². The topological polar surface area (TPSA) is 49.4 Å². The van der Waals surface area contributed by atoms with Crippen LogP contribution in [-0.4, -0.2) is 41.6 Å². The third-order valence-electron chi connectivity index (χ3n) is 4.73. The molecular formula is C20H30N2O2S. The second-order valence-corrected chi connectivity index (χ2v) is 8.39. The standard InChI is InChI=1S/C20H30N2O2S/c1-14(2)17-5-7-18(8-6-17)25-13-19(21-16(4)23)20(24)22-11-9-15(3)10-12-22/h5-8,14-15,19H,9-13H2,1-4H3,(H,21,23). The number of hydrogen-bond donors (Lipinski definition) is 1. The van der Waals surface area contributed by atoms with Gasteiger partial charge >= 0.3 is 0 Å². The summed E-state index contributed by atoms with van der Waals surface area (Å²) < 4.78 is 0. The lowest BCUT2D eigenvalue weighted by Crippen LogP contribution is -2.51. The molecule has 1 atom stereocenters. The van der Waals surface area contributed by atoms with E-state index in [1.165, 1.54) is 12.5 Å². The molecule has 1 aromatic carbocycles. The lowest BCUT2D eigenvalue weighted by molar-refractivity contribution is -0.136. The van der Waals surface area contributed by atoms with Crippen LogP contribution in [0.4, 0.5) is 0 Å². The maximum absolute atomic E-state index is 12.8.